The fourth-order valence-electron chi connectivity index (χ4n) is 3.74. The van der Waals surface area contributed by atoms with E-state index in [4.69, 9.17) is 9.47 Å². The summed E-state index contributed by atoms with van der Waals surface area (Å²) in [5, 5.41) is 9.30. The number of nitrogens with zero attached hydrogens (tertiary/aromatic N) is 1. The maximum atomic E-state index is 12.4. The lowest BCUT2D eigenvalue weighted by molar-refractivity contribution is -0.168. The summed E-state index contributed by atoms with van der Waals surface area (Å²) in [5.74, 6) is -2.52. The smallest absolute Gasteiger partial charge is 0.310 e. The van der Waals surface area contributed by atoms with Gasteiger partial charge in [0.15, 0.2) is 6.23 Å². The van der Waals surface area contributed by atoms with E-state index in [1.807, 2.05) is 6.08 Å². The highest BCUT2D eigenvalue weighted by molar-refractivity contribution is 5.91. The molecule has 6 nitrogen and oxygen atoms in total. The van der Waals surface area contributed by atoms with Gasteiger partial charge in [-0.15, -0.1) is 0 Å². The molecule has 0 radical (unpaired) electrons. The van der Waals surface area contributed by atoms with Gasteiger partial charge in [-0.1, -0.05) is 6.08 Å². The van der Waals surface area contributed by atoms with E-state index in [9.17, 15) is 14.7 Å². The lowest BCUT2D eigenvalue weighted by atomic mass is 9.76. The van der Waals surface area contributed by atoms with Crippen molar-refractivity contribution < 1.29 is 24.2 Å². The monoisotopic (exact) mass is 251 g/mol. The summed E-state index contributed by atoms with van der Waals surface area (Å²) >= 11 is 0. The predicted molar refractivity (Wildman–Crippen MR) is 57.4 cm³/mol. The predicted octanol–water partition coefficient (Wildman–Crippen LogP) is -0.401. The third-order valence-corrected chi connectivity index (χ3v) is 4.41. The first kappa shape index (κ1) is 10.5. The van der Waals surface area contributed by atoms with E-state index < -0.39 is 35.7 Å². The molecule has 1 spiro atoms. The van der Waals surface area contributed by atoms with Crippen molar-refractivity contribution >= 4 is 11.9 Å². The average Bonchev–Trinajstić information content (AvgIpc) is 2.99. The molecule has 4 aliphatic heterocycles. The molecule has 1 amide bonds. The van der Waals surface area contributed by atoms with Crippen molar-refractivity contribution in [2.75, 3.05) is 13.2 Å². The maximum absolute atomic E-state index is 12.4. The Balaban J connectivity index is 1.82. The minimum atomic E-state index is -0.968. The van der Waals surface area contributed by atoms with E-state index in [2.05, 4.69) is 0 Å². The second-order valence-corrected chi connectivity index (χ2v) is 5.25. The molecule has 4 rings (SSSR count). The molecule has 0 aliphatic carbocycles. The van der Waals surface area contributed by atoms with Gasteiger partial charge < -0.3 is 19.5 Å². The molecule has 3 fully saturated rings. The van der Waals surface area contributed by atoms with Crippen LogP contribution in [0.4, 0.5) is 0 Å². The zero-order chi connectivity index (χ0) is 12.5. The number of fused-ring (bicyclic) bond motifs is 2. The summed E-state index contributed by atoms with van der Waals surface area (Å²) in [4.78, 5) is 25.4. The molecule has 0 aromatic carbocycles. The molecule has 1 N–H and O–H groups in total. The molecule has 6 heteroatoms. The van der Waals surface area contributed by atoms with Gasteiger partial charge >= 0.3 is 5.97 Å². The molecular weight excluding hydrogens is 238 g/mol. The van der Waals surface area contributed by atoms with Crippen molar-refractivity contribution in [3.05, 3.63) is 12.2 Å². The number of carbonyl (C=O) groups is 2. The average molecular weight is 251 g/mol. The van der Waals surface area contributed by atoms with Crippen LogP contribution in [0.3, 0.4) is 0 Å². The van der Waals surface area contributed by atoms with Gasteiger partial charge in [-0.2, -0.15) is 0 Å². The van der Waals surface area contributed by atoms with E-state index in [-0.39, 0.29) is 5.91 Å². The normalized spacial score (nSPS) is 48.4. The minimum absolute atomic E-state index is 0.140. The second-order valence-electron chi connectivity index (χ2n) is 5.25. The van der Waals surface area contributed by atoms with E-state index in [0.29, 0.717) is 13.2 Å². The van der Waals surface area contributed by atoms with Crippen LogP contribution in [0.5, 0.6) is 0 Å². The molecule has 0 unspecified atom stereocenters. The highest BCUT2D eigenvalue weighted by Crippen LogP contribution is 2.55. The van der Waals surface area contributed by atoms with Crippen molar-refractivity contribution in [1.82, 2.24) is 4.90 Å². The van der Waals surface area contributed by atoms with Crippen LogP contribution in [0.2, 0.25) is 0 Å². The lowest BCUT2D eigenvalue weighted by Gasteiger charge is -2.36. The van der Waals surface area contributed by atoms with E-state index in [1.54, 1.807) is 11.0 Å². The van der Waals surface area contributed by atoms with Gasteiger partial charge in [-0.3, -0.25) is 9.59 Å². The number of aliphatic carboxylic acids is 1. The summed E-state index contributed by atoms with van der Waals surface area (Å²) in [5.41, 5.74) is -0.870. The molecule has 0 aromatic heterocycles. The largest absolute Gasteiger partial charge is 0.481 e. The standard InChI is InChI=1S/C12H13NO5/c14-9-8-7(10(15)16)6-2-3-12(8,18-6)11-13(9)4-1-5-17-11/h2-3,6-8,11H,1,4-5H2,(H,15,16)/t6-,7-,8+,11-,12-/m1/s1. The Morgan fingerprint density at radius 3 is 3.17 bits per heavy atom. The van der Waals surface area contributed by atoms with E-state index in [1.165, 1.54) is 0 Å². The molecular formula is C12H13NO5. The van der Waals surface area contributed by atoms with Crippen molar-refractivity contribution in [1.29, 1.82) is 0 Å². The highest BCUT2D eigenvalue weighted by atomic mass is 16.6. The Hall–Kier alpha value is -1.40. The van der Waals surface area contributed by atoms with Crippen LogP contribution in [0, 0.1) is 11.8 Å². The Morgan fingerprint density at radius 1 is 1.56 bits per heavy atom. The number of carboxylic acid groups (broad SMARTS) is 1. The summed E-state index contributed by atoms with van der Waals surface area (Å²) in [6.45, 7) is 1.21. The first-order valence-corrected chi connectivity index (χ1v) is 6.17. The molecule has 4 aliphatic rings. The first-order chi connectivity index (χ1) is 8.65. The zero-order valence-electron chi connectivity index (χ0n) is 9.61. The molecule has 4 heterocycles. The third-order valence-electron chi connectivity index (χ3n) is 4.41. The fraction of sp³-hybridized carbons (Fsp3) is 0.667. The van der Waals surface area contributed by atoms with Crippen molar-refractivity contribution in [2.45, 2.75) is 24.4 Å². The molecule has 96 valence electrons. The van der Waals surface area contributed by atoms with Gasteiger partial charge in [0.1, 0.15) is 11.5 Å². The summed E-state index contributed by atoms with van der Waals surface area (Å²) < 4.78 is 11.5. The number of rotatable bonds is 1. The quantitative estimate of drug-likeness (QED) is 0.642. The summed E-state index contributed by atoms with van der Waals surface area (Å²) in [6.07, 6.45) is 3.42. The highest BCUT2D eigenvalue weighted by Gasteiger charge is 2.72. The van der Waals surface area contributed by atoms with Gasteiger partial charge in [0.2, 0.25) is 5.91 Å². The molecule has 0 aromatic rings. The Labute approximate surface area is 103 Å². The Bertz CT molecular complexity index is 475. The summed E-state index contributed by atoms with van der Waals surface area (Å²) in [7, 11) is 0. The maximum Gasteiger partial charge on any atom is 0.310 e. The van der Waals surface area contributed by atoms with Gasteiger partial charge in [-0.05, 0) is 12.5 Å². The van der Waals surface area contributed by atoms with Gasteiger partial charge in [0.25, 0.3) is 0 Å². The van der Waals surface area contributed by atoms with Crippen molar-refractivity contribution in [3.8, 4) is 0 Å². The fourth-order valence-corrected chi connectivity index (χ4v) is 3.74. The van der Waals surface area contributed by atoms with Crippen molar-refractivity contribution in [3.63, 3.8) is 0 Å². The SMILES string of the molecule is O=C(O)[C@H]1[C@H]2C(=O)N3CCCO[C@@H]3[C@@]23C=C[C@H]1O3. The van der Waals surface area contributed by atoms with Crippen molar-refractivity contribution in [2.24, 2.45) is 11.8 Å². The molecule has 0 saturated carbocycles. The van der Waals surface area contributed by atoms with Crippen LogP contribution in [0.25, 0.3) is 0 Å². The van der Waals surface area contributed by atoms with Gasteiger partial charge in [-0.25, -0.2) is 0 Å². The number of hydrogen-bond acceptors (Lipinski definition) is 4. The lowest BCUT2D eigenvalue weighted by Crippen LogP contribution is -2.49. The molecule has 2 bridgehead atoms. The minimum Gasteiger partial charge on any atom is -0.481 e. The van der Waals surface area contributed by atoms with Crippen LogP contribution in [0.1, 0.15) is 6.42 Å². The van der Waals surface area contributed by atoms with Gasteiger partial charge in [0, 0.05) is 6.54 Å². The number of amides is 1. The topological polar surface area (TPSA) is 76.1 Å². The summed E-state index contributed by atoms with van der Waals surface area (Å²) in [6, 6.07) is 0. The zero-order valence-corrected chi connectivity index (χ0v) is 9.61. The Kier molecular flexibility index (Phi) is 1.83. The van der Waals surface area contributed by atoms with Crippen LogP contribution < -0.4 is 0 Å². The van der Waals surface area contributed by atoms with E-state index in [0.717, 1.165) is 6.42 Å². The second kappa shape index (κ2) is 3.13. The molecule has 18 heavy (non-hydrogen) atoms. The van der Waals surface area contributed by atoms with E-state index >= 15 is 0 Å². The van der Waals surface area contributed by atoms with Crippen LogP contribution in [0.15, 0.2) is 12.2 Å². The number of ether oxygens (including phenoxy) is 2. The van der Waals surface area contributed by atoms with Crippen LogP contribution in [-0.4, -0.2) is 53.0 Å². The Morgan fingerprint density at radius 2 is 2.39 bits per heavy atom. The molecule has 5 atom stereocenters. The van der Waals surface area contributed by atoms with Gasteiger partial charge in [0.05, 0.1) is 18.6 Å². The van der Waals surface area contributed by atoms with Crippen LogP contribution in [-0.2, 0) is 19.1 Å². The molecule has 3 saturated heterocycles. The number of hydrogen-bond donors (Lipinski definition) is 1. The van der Waals surface area contributed by atoms with Crippen LogP contribution >= 0.6 is 0 Å². The third kappa shape index (κ3) is 0.976. The first-order valence-electron chi connectivity index (χ1n) is 6.17. The number of carboxylic acids is 1. The number of carbonyl (C=O) groups excluding carboxylic acids is 1.